The summed E-state index contributed by atoms with van der Waals surface area (Å²) < 4.78 is 0.986. The number of aliphatic hydroxyl groups is 1. The molecule has 0 aliphatic heterocycles. The SMILES string of the molecule is NC(CO)c1ccc(Br)c2cccnc12. The van der Waals surface area contributed by atoms with Gasteiger partial charge in [-0.1, -0.05) is 28.1 Å². The van der Waals surface area contributed by atoms with Gasteiger partial charge < -0.3 is 10.8 Å². The van der Waals surface area contributed by atoms with Crippen LogP contribution >= 0.6 is 15.9 Å². The van der Waals surface area contributed by atoms with Crippen molar-refractivity contribution in [1.29, 1.82) is 0 Å². The Morgan fingerprint density at radius 3 is 2.93 bits per heavy atom. The highest BCUT2D eigenvalue weighted by Gasteiger charge is 2.10. The molecule has 2 aromatic rings. The smallest absolute Gasteiger partial charge is 0.0761 e. The van der Waals surface area contributed by atoms with E-state index in [0.717, 1.165) is 20.9 Å². The molecule has 1 atom stereocenters. The predicted molar refractivity (Wildman–Crippen MR) is 63.5 cm³/mol. The van der Waals surface area contributed by atoms with Crippen LogP contribution in [0.4, 0.5) is 0 Å². The summed E-state index contributed by atoms with van der Waals surface area (Å²) >= 11 is 3.46. The molecule has 3 nitrogen and oxygen atoms in total. The zero-order chi connectivity index (χ0) is 10.8. The molecule has 3 N–H and O–H groups in total. The van der Waals surface area contributed by atoms with Gasteiger partial charge in [-0.3, -0.25) is 4.98 Å². The molecular weight excluding hydrogens is 256 g/mol. The van der Waals surface area contributed by atoms with Crippen LogP contribution in [0, 0.1) is 0 Å². The normalized spacial score (nSPS) is 13.0. The molecule has 15 heavy (non-hydrogen) atoms. The molecule has 0 aliphatic rings. The van der Waals surface area contributed by atoms with E-state index in [-0.39, 0.29) is 12.6 Å². The molecule has 0 bridgehead atoms. The van der Waals surface area contributed by atoms with Gasteiger partial charge in [0.1, 0.15) is 0 Å². The summed E-state index contributed by atoms with van der Waals surface area (Å²) in [5.74, 6) is 0. The third kappa shape index (κ3) is 1.88. The summed E-state index contributed by atoms with van der Waals surface area (Å²) in [5, 5.41) is 10.1. The summed E-state index contributed by atoms with van der Waals surface area (Å²) in [4.78, 5) is 4.29. The maximum absolute atomic E-state index is 9.05. The molecule has 0 amide bonds. The highest BCUT2D eigenvalue weighted by Crippen LogP contribution is 2.27. The van der Waals surface area contributed by atoms with E-state index >= 15 is 0 Å². The first kappa shape index (κ1) is 10.5. The van der Waals surface area contributed by atoms with E-state index in [9.17, 15) is 0 Å². The topological polar surface area (TPSA) is 59.1 Å². The lowest BCUT2D eigenvalue weighted by atomic mass is 10.0. The van der Waals surface area contributed by atoms with Crippen molar-refractivity contribution in [2.45, 2.75) is 6.04 Å². The fraction of sp³-hybridized carbons (Fsp3) is 0.182. The molecule has 1 unspecified atom stereocenters. The van der Waals surface area contributed by atoms with Gasteiger partial charge in [-0.25, -0.2) is 0 Å². The summed E-state index contributed by atoms with van der Waals surface area (Å²) in [7, 11) is 0. The molecule has 78 valence electrons. The molecule has 2 rings (SSSR count). The van der Waals surface area contributed by atoms with Crippen molar-refractivity contribution in [3.63, 3.8) is 0 Å². The first-order chi connectivity index (χ1) is 7.24. The maximum atomic E-state index is 9.05. The highest BCUT2D eigenvalue weighted by molar-refractivity contribution is 9.10. The van der Waals surface area contributed by atoms with E-state index < -0.39 is 0 Å². The van der Waals surface area contributed by atoms with Gasteiger partial charge in [0.2, 0.25) is 0 Å². The molecule has 1 aromatic carbocycles. The molecule has 0 aliphatic carbocycles. The number of pyridine rings is 1. The lowest BCUT2D eigenvalue weighted by Crippen LogP contribution is -2.15. The van der Waals surface area contributed by atoms with Gasteiger partial charge in [0, 0.05) is 16.1 Å². The fourth-order valence-electron chi connectivity index (χ4n) is 1.56. The van der Waals surface area contributed by atoms with Crippen molar-refractivity contribution in [1.82, 2.24) is 4.98 Å². The van der Waals surface area contributed by atoms with Gasteiger partial charge >= 0.3 is 0 Å². The van der Waals surface area contributed by atoms with E-state index in [1.54, 1.807) is 6.20 Å². The third-order valence-electron chi connectivity index (χ3n) is 2.34. The molecule has 0 saturated carbocycles. The lowest BCUT2D eigenvalue weighted by Gasteiger charge is -2.11. The zero-order valence-electron chi connectivity index (χ0n) is 8.02. The molecule has 0 saturated heterocycles. The molecule has 0 fully saturated rings. The minimum Gasteiger partial charge on any atom is -0.394 e. The Bertz CT molecular complexity index is 487. The van der Waals surface area contributed by atoms with Crippen LogP contribution in [-0.2, 0) is 0 Å². The van der Waals surface area contributed by atoms with Crippen LogP contribution in [0.25, 0.3) is 10.9 Å². The number of nitrogens with zero attached hydrogens (tertiary/aromatic N) is 1. The van der Waals surface area contributed by atoms with E-state index in [4.69, 9.17) is 10.8 Å². The summed E-state index contributed by atoms with van der Waals surface area (Å²) in [6.07, 6.45) is 1.72. The Labute approximate surface area is 96.1 Å². The third-order valence-corrected chi connectivity index (χ3v) is 3.04. The largest absolute Gasteiger partial charge is 0.394 e. The second-order valence-electron chi connectivity index (χ2n) is 3.33. The standard InChI is InChI=1S/C11H11BrN2O/c12-9-4-3-8(10(13)6-15)11-7(9)2-1-5-14-11/h1-5,10,15H,6,13H2. The Balaban J connectivity index is 2.71. The summed E-state index contributed by atoms with van der Waals surface area (Å²) in [6, 6.07) is 7.28. The monoisotopic (exact) mass is 266 g/mol. The van der Waals surface area contributed by atoms with Gasteiger partial charge in [-0.15, -0.1) is 0 Å². The Hall–Kier alpha value is -0.970. The van der Waals surface area contributed by atoms with Gasteiger partial charge in [0.05, 0.1) is 18.2 Å². The fourth-order valence-corrected chi connectivity index (χ4v) is 2.01. The van der Waals surface area contributed by atoms with Crippen molar-refractivity contribution >= 4 is 26.8 Å². The number of halogens is 1. The van der Waals surface area contributed by atoms with E-state index in [1.165, 1.54) is 0 Å². The number of rotatable bonds is 2. The predicted octanol–water partition coefficient (Wildman–Crippen LogP) is 1.99. The molecule has 0 spiro atoms. The van der Waals surface area contributed by atoms with Gasteiger partial charge in [0.15, 0.2) is 0 Å². The van der Waals surface area contributed by atoms with Crippen LogP contribution in [0.15, 0.2) is 34.9 Å². The Morgan fingerprint density at radius 2 is 2.20 bits per heavy atom. The van der Waals surface area contributed by atoms with E-state index in [2.05, 4.69) is 20.9 Å². The first-order valence-electron chi connectivity index (χ1n) is 4.63. The first-order valence-corrected chi connectivity index (χ1v) is 5.43. The van der Waals surface area contributed by atoms with Crippen LogP contribution in [0.3, 0.4) is 0 Å². The lowest BCUT2D eigenvalue weighted by molar-refractivity contribution is 0.268. The van der Waals surface area contributed by atoms with Crippen molar-refractivity contribution in [2.75, 3.05) is 6.61 Å². The number of benzene rings is 1. The van der Waals surface area contributed by atoms with Gasteiger partial charge in [-0.05, 0) is 17.7 Å². The van der Waals surface area contributed by atoms with Crippen LogP contribution in [0.1, 0.15) is 11.6 Å². The molecule has 4 heteroatoms. The summed E-state index contributed by atoms with van der Waals surface area (Å²) in [6.45, 7) is -0.0761. The zero-order valence-corrected chi connectivity index (χ0v) is 9.61. The second kappa shape index (κ2) is 4.26. The second-order valence-corrected chi connectivity index (χ2v) is 4.18. The van der Waals surface area contributed by atoms with Crippen molar-refractivity contribution in [3.05, 3.63) is 40.5 Å². The highest BCUT2D eigenvalue weighted by atomic mass is 79.9. The average Bonchev–Trinajstić information content (AvgIpc) is 2.29. The number of hydrogen-bond acceptors (Lipinski definition) is 3. The number of aromatic nitrogens is 1. The minimum atomic E-state index is -0.379. The van der Waals surface area contributed by atoms with Crippen LogP contribution < -0.4 is 5.73 Å². The van der Waals surface area contributed by atoms with Crippen LogP contribution in [0.2, 0.25) is 0 Å². The number of hydrogen-bond donors (Lipinski definition) is 2. The van der Waals surface area contributed by atoms with Crippen molar-refractivity contribution in [3.8, 4) is 0 Å². The van der Waals surface area contributed by atoms with Gasteiger partial charge in [-0.2, -0.15) is 0 Å². The Kier molecular flexibility index (Phi) is 3.00. The minimum absolute atomic E-state index is 0.0761. The van der Waals surface area contributed by atoms with E-state index in [1.807, 2.05) is 24.3 Å². The number of fused-ring (bicyclic) bond motifs is 1. The number of aliphatic hydroxyl groups excluding tert-OH is 1. The van der Waals surface area contributed by atoms with Crippen LogP contribution in [-0.4, -0.2) is 16.7 Å². The Morgan fingerprint density at radius 1 is 1.40 bits per heavy atom. The van der Waals surface area contributed by atoms with Crippen LogP contribution in [0.5, 0.6) is 0 Å². The molecule has 1 aromatic heterocycles. The van der Waals surface area contributed by atoms with Crippen molar-refractivity contribution < 1.29 is 5.11 Å². The number of nitrogens with two attached hydrogens (primary N) is 1. The van der Waals surface area contributed by atoms with Crippen molar-refractivity contribution in [2.24, 2.45) is 5.73 Å². The molecule has 1 heterocycles. The quantitative estimate of drug-likeness (QED) is 0.874. The summed E-state index contributed by atoms with van der Waals surface area (Å²) in [5.41, 5.74) is 7.52. The maximum Gasteiger partial charge on any atom is 0.0761 e. The molecular formula is C11H11BrN2O. The van der Waals surface area contributed by atoms with E-state index in [0.29, 0.717) is 0 Å². The average molecular weight is 267 g/mol. The molecule has 0 radical (unpaired) electrons. The van der Waals surface area contributed by atoms with Gasteiger partial charge in [0.25, 0.3) is 0 Å².